The van der Waals surface area contributed by atoms with Gasteiger partial charge in [0.1, 0.15) is 0 Å². The van der Waals surface area contributed by atoms with E-state index >= 15 is 0 Å². The van der Waals surface area contributed by atoms with E-state index in [0.717, 1.165) is 12.1 Å². The zero-order valence-electron chi connectivity index (χ0n) is 23.1. The molecule has 0 heterocycles. The minimum Gasteiger partial charge on any atom is -0.166 e. The summed E-state index contributed by atoms with van der Waals surface area (Å²) in [7, 11) is 0. The van der Waals surface area contributed by atoms with Gasteiger partial charge in [0.2, 0.25) is 0 Å². The lowest BCUT2D eigenvalue weighted by molar-refractivity contribution is -0.137. The van der Waals surface area contributed by atoms with Gasteiger partial charge in [-0.15, -0.1) is 0 Å². The first-order valence-electron chi connectivity index (χ1n) is 13.8. The van der Waals surface area contributed by atoms with Crippen molar-refractivity contribution in [1.82, 2.24) is 0 Å². The minimum atomic E-state index is -4.68. The molecule has 6 aromatic rings. The maximum absolute atomic E-state index is 14.6. The normalized spacial score (nSPS) is 11.9. The van der Waals surface area contributed by atoms with E-state index in [-0.39, 0.29) is 22.3 Å². The first-order valence-corrected chi connectivity index (χ1v) is 13.8. The number of hydrogen-bond donors (Lipinski definition) is 0. The molecular formula is C38H24F6. The molecule has 0 bridgehead atoms. The molecule has 6 rings (SSSR count). The fraction of sp³-hybridized carbons (Fsp3) is 0.0526. The largest absolute Gasteiger partial charge is 0.417 e. The maximum atomic E-state index is 14.6. The summed E-state index contributed by atoms with van der Waals surface area (Å²) in [5, 5.41) is 0. The number of rotatable bonds is 5. The maximum Gasteiger partial charge on any atom is 0.417 e. The second-order valence-corrected chi connectivity index (χ2v) is 10.3. The monoisotopic (exact) mass is 594 g/mol. The van der Waals surface area contributed by atoms with Crippen LogP contribution in [0.15, 0.2) is 146 Å². The summed E-state index contributed by atoms with van der Waals surface area (Å²) in [6.07, 6.45) is -9.37. The second-order valence-electron chi connectivity index (χ2n) is 10.3. The van der Waals surface area contributed by atoms with E-state index in [1.165, 1.54) is 12.1 Å². The van der Waals surface area contributed by atoms with Gasteiger partial charge in [-0.25, -0.2) is 0 Å². The van der Waals surface area contributed by atoms with E-state index in [9.17, 15) is 26.3 Å². The van der Waals surface area contributed by atoms with Crippen LogP contribution in [0.4, 0.5) is 26.3 Å². The van der Waals surface area contributed by atoms with Crippen molar-refractivity contribution in [2.75, 3.05) is 0 Å². The average Bonchev–Trinajstić information content (AvgIpc) is 3.04. The Morgan fingerprint density at radius 1 is 0.273 bits per heavy atom. The van der Waals surface area contributed by atoms with Gasteiger partial charge in [0.25, 0.3) is 0 Å². The van der Waals surface area contributed by atoms with Crippen LogP contribution in [0.25, 0.3) is 55.6 Å². The van der Waals surface area contributed by atoms with Crippen molar-refractivity contribution in [3.63, 3.8) is 0 Å². The molecule has 6 aromatic carbocycles. The Hall–Kier alpha value is -5.10. The molecule has 0 atom stereocenters. The molecule has 0 saturated carbocycles. The van der Waals surface area contributed by atoms with Crippen molar-refractivity contribution < 1.29 is 26.3 Å². The topological polar surface area (TPSA) is 0 Å². The van der Waals surface area contributed by atoms with Gasteiger partial charge >= 0.3 is 12.4 Å². The van der Waals surface area contributed by atoms with E-state index in [2.05, 4.69) is 0 Å². The third-order valence-electron chi connectivity index (χ3n) is 7.59. The van der Waals surface area contributed by atoms with Crippen LogP contribution in [0.1, 0.15) is 11.1 Å². The molecule has 6 heteroatoms. The Labute approximate surface area is 250 Å². The SMILES string of the molecule is FC(F)(F)c1cccc(-c2ccccc2)c1-c1ccccc1-c1ccccc1-c1c(-c2ccccc2)cccc1C(F)(F)F. The van der Waals surface area contributed by atoms with Crippen LogP contribution in [0.2, 0.25) is 0 Å². The van der Waals surface area contributed by atoms with Gasteiger partial charge in [0.15, 0.2) is 0 Å². The third kappa shape index (κ3) is 5.51. The third-order valence-corrected chi connectivity index (χ3v) is 7.59. The molecule has 44 heavy (non-hydrogen) atoms. The van der Waals surface area contributed by atoms with Crippen LogP contribution in [0, 0.1) is 0 Å². The second kappa shape index (κ2) is 11.5. The van der Waals surface area contributed by atoms with E-state index < -0.39 is 23.5 Å². The van der Waals surface area contributed by atoms with E-state index in [4.69, 9.17) is 0 Å². The van der Waals surface area contributed by atoms with E-state index in [1.54, 1.807) is 121 Å². The van der Waals surface area contributed by atoms with Gasteiger partial charge in [0, 0.05) is 11.1 Å². The molecule has 218 valence electrons. The number of hydrogen-bond acceptors (Lipinski definition) is 0. The molecule has 0 amide bonds. The van der Waals surface area contributed by atoms with Crippen LogP contribution in [-0.4, -0.2) is 0 Å². The lowest BCUT2D eigenvalue weighted by Gasteiger charge is -2.23. The van der Waals surface area contributed by atoms with Crippen molar-refractivity contribution in [3.05, 3.63) is 157 Å². The molecular weight excluding hydrogens is 570 g/mol. The average molecular weight is 595 g/mol. The van der Waals surface area contributed by atoms with Gasteiger partial charge < -0.3 is 0 Å². The van der Waals surface area contributed by atoms with Gasteiger partial charge in [-0.05, 0) is 56.6 Å². The van der Waals surface area contributed by atoms with Crippen LogP contribution < -0.4 is 0 Å². The van der Waals surface area contributed by atoms with Crippen molar-refractivity contribution in [1.29, 1.82) is 0 Å². The first kappa shape index (κ1) is 29.0. The molecule has 0 unspecified atom stereocenters. The van der Waals surface area contributed by atoms with Gasteiger partial charge in [-0.1, -0.05) is 133 Å². The molecule has 0 spiro atoms. The zero-order chi connectivity index (χ0) is 30.9. The van der Waals surface area contributed by atoms with Gasteiger partial charge in [0.05, 0.1) is 11.1 Å². The predicted molar refractivity (Wildman–Crippen MR) is 164 cm³/mol. The Kier molecular flexibility index (Phi) is 7.60. The lowest BCUT2D eigenvalue weighted by atomic mass is 9.82. The molecule has 0 radical (unpaired) electrons. The number of alkyl halides is 6. The molecule has 0 aromatic heterocycles. The highest BCUT2D eigenvalue weighted by Crippen LogP contribution is 2.49. The molecule has 0 fully saturated rings. The van der Waals surface area contributed by atoms with E-state index in [1.807, 2.05) is 0 Å². The van der Waals surface area contributed by atoms with Crippen LogP contribution >= 0.6 is 0 Å². The van der Waals surface area contributed by atoms with Gasteiger partial charge in [-0.2, -0.15) is 26.3 Å². The van der Waals surface area contributed by atoms with Crippen molar-refractivity contribution in [2.24, 2.45) is 0 Å². The highest BCUT2D eigenvalue weighted by molar-refractivity contribution is 5.99. The number of benzene rings is 6. The molecule has 0 aliphatic rings. The van der Waals surface area contributed by atoms with Crippen LogP contribution in [0.5, 0.6) is 0 Å². The standard InChI is InChI=1S/C38H24F6/c39-37(40,41)33-23-11-21-27(25-13-3-1-4-14-25)35(33)31-19-9-7-17-29(31)30-18-8-10-20-32(30)36-28(26-15-5-2-6-16-26)22-12-24-34(36)38(42,43)44/h1-24H. The molecule has 0 aliphatic heterocycles. The van der Waals surface area contributed by atoms with Crippen molar-refractivity contribution in [3.8, 4) is 55.6 Å². The Morgan fingerprint density at radius 2 is 0.568 bits per heavy atom. The zero-order valence-corrected chi connectivity index (χ0v) is 23.1. The minimum absolute atomic E-state index is 0.0380. The highest BCUT2D eigenvalue weighted by atomic mass is 19.4. The predicted octanol–water partition coefficient (Wildman–Crippen LogP) is 12.1. The van der Waals surface area contributed by atoms with Crippen molar-refractivity contribution >= 4 is 0 Å². The molecule has 0 saturated heterocycles. The summed E-state index contributed by atoms with van der Waals surface area (Å²) in [5.41, 5.74) is 1.46. The molecule has 0 N–H and O–H groups in total. The Morgan fingerprint density at radius 3 is 0.909 bits per heavy atom. The smallest absolute Gasteiger partial charge is 0.166 e. The number of halogens is 6. The van der Waals surface area contributed by atoms with Crippen LogP contribution in [0.3, 0.4) is 0 Å². The van der Waals surface area contributed by atoms with E-state index in [0.29, 0.717) is 33.4 Å². The summed E-state index contributed by atoms with van der Waals surface area (Å²) in [6, 6.07) is 38.8. The van der Waals surface area contributed by atoms with Crippen molar-refractivity contribution in [2.45, 2.75) is 12.4 Å². The molecule has 0 aliphatic carbocycles. The summed E-state index contributed by atoms with van der Waals surface area (Å²) >= 11 is 0. The summed E-state index contributed by atoms with van der Waals surface area (Å²) in [5.74, 6) is 0. The fourth-order valence-electron chi connectivity index (χ4n) is 5.75. The summed E-state index contributed by atoms with van der Waals surface area (Å²) in [4.78, 5) is 0. The van der Waals surface area contributed by atoms with Crippen LogP contribution in [-0.2, 0) is 12.4 Å². The Balaban J connectivity index is 1.68. The lowest BCUT2D eigenvalue weighted by Crippen LogP contribution is -2.09. The summed E-state index contributed by atoms with van der Waals surface area (Å²) < 4.78 is 87.6. The Bertz CT molecular complexity index is 1780. The first-order chi connectivity index (χ1) is 21.1. The van der Waals surface area contributed by atoms with Gasteiger partial charge in [-0.3, -0.25) is 0 Å². The summed E-state index contributed by atoms with van der Waals surface area (Å²) in [6.45, 7) is 0. The highest BCUT2D eigenvalue weighted by Gasteiger charge is 2.37. The molecule has 0 nitrogen and oxygen atoms in total. The fourth-order valence-corrected chi connectivity index (χ4v) is 5.75. The quantitative estimate of drug-likeness (QED) is 0.174.